The Morgan fingerprint density at radius 2 is 2.07 bits per heavy atom. The first-order valence-corrected chi connectivity index (χ1v) is 10.0. The molecule has 0 saturated heterocycles. The minimum absolute atomic E-state index is 0. The molecule has 2 rings (SSSR count). The Morgan fingerprint density at radius 1 is 1.33 bits per heavy atom. The predicted molar refractivity (Wildman–Crippen MR) is 125 cm³/mol. The minimum atomic E-state index is 0. The van der Waals surface area contributed by atoms with Gasteiger partial charge in [-0.25, -0.2) is 4.99 Å². The van der Waals surface area contributed by atoms with Gasteiger partial charge in [0.25, 0.3) is 0 Å². The van der Waals surface area contributed by atoms with E-state index in [0.29, 0.717) is 18.0 Å². The second-order valence-corrected chi connectivity index (χ2v) is 9.00. The van der Waals surface area contributed by atoms with E-state index in [4.69, 9.17) is 4.99 Å². The van der Waals surface area contributed by atoms with Crippen LogP contribution in [0.5, 0.6) is 0 Å². The number of halogens is 1. The number of hydrogen-bond acceptors (Lipinski definition) is 4. The van der Waals surface area contributed by atoms with Gasteiger partial charge in [0.05, 0.1) is 6.54 Å². The van der Waals surface area contributed by atoms with Crippen molar-refractivity contribution < 1.29 is 0 Å². The van der Waals surface area contributed by atoms with Crippen LogP contribution in [0.4, 0.5) is 0 Å². The third-order valence-electron chi connectivity index (χ3n) is 4.28. The number of aryl methyl sites for hydroxylation is 1. The zero-order valence-corrected chi connectivity index (χ0v) is 20.4. The summed E-state index contributed by atoms with van der Waals surface area (Å²) in [5.74, 6) is 2.58. The summed E-state index contributed by atoms with van der Waals surface area (Å²) in [5.41, 5.74) is 0.341. The highest BCUT2D eigenvalue weighted by Crippen LogP contribution is 2.21. The Morgan fingerprint density at radius 3 is 2.63 bits per heavy atom. The zero-order valence-electron chi connectivity index (χ0n) is 17.2. The van der Waals surface area contributed by atoms with Gasteiger partial charge >= 0.3 is 0 Å². The van der Waals surface area contributed by atoms with Crippen molar-refractivity contribution in [2.75, 3.05) is 0 Å². The van der Waals surface area contributed by atoms with E-state index in [-0.39, 0.29) is 24.0 Å². The molecule has 0 aliphatic heterocycles. The Kier molecular flexibility index (Phi) is 9.72. The van der Waals surface area contributed by atoms with Gasteiger partial charge in [-0.1, -0.05) is 26.8 Å². The standard InChI is InChI=1S/C19H32N6S.HI/c1-14(9-10-19(3,4)5)22-18(20-12-16-8-7-11-26-16)21-13-17-24-23-15(2)25(17)6;/h7-8,11,14H,9-10,12-13H2,1-6H3,(H2,20,21,22);1H. The van der Waals surface area contributed by atoms with Crippen LogP contribution >= 0.6 is 35.3 Å². The molecule has 2 aromatic rings. The Balaban J connectivity index is 0.00000364. The maximum Gasteiger partial charge on any atom is 0.192 e. The first kappa shape index (κ1) is 23.9. The molecule has 27 heavy (non-hydrogen) atoms. The summed E-state index contributed by atoms with van der Waals surface area (Å²) < 4.78 is 1.98. The van der Waals surface area contributed by atoms with E-state index in [0.717, 1.165) is 30.6 Å². The smallest absolute Gasteiger partial charge is 0.192 e. The molecule has 1 unspecified atom stereocenters. The normalized spacial score (nSPS) is 13.2. The molecular weight excluding hydrogens is 471 g/mol. The van der Waals surface area contributed by atoms with E-state index >= 15 is 0 Å². The summed E-state index contributed by atoms with van der Waals surface area (Å²) >= 11 is 1.75. The number of guanidine groups is 1. The van der Waals surface area contributed by atoms with E-state index in [1.165, 1.54) is 11.3 Å². The lowest BCUT2D eigenvalue weighted by atomic mass is 9.89. The molecule has 0 saturated carbocycles. The van der Waals surface area contributed by atoms with Crippen LogP contribution < -0.4 is 10.6 Å². The lowest BCUT2D eigenvalue weighted by molar-refractivity contribution is 0.346. The number of nitrogens with zero attached hydrogens (tertiary/aromatic N) is 4. The number of nitrogens with one attached hydrogen (secondary N) is 2. The van der Waals surface area contributed by atoms with E-state index in [1.807, 2.05) is 18.5 Å². The number of hydrogen-bond donors (Lipinski definition) is 2. The molecule has 8 heteroatoms. The second kappa shape index (κ2) is 11.0. The fourth-order valence-corrected chi connectivity index (χ4v) is 3.07. The van der Waals surface area contributed by atoms with Gasteiger partial charge in [-0.2, -0.15) is 0 Å². The van der Waals surface area contributed by atoms with Crippen LogP contribution in [0.2, 0.25) is 0 Å². The predicted octanol–water partition coefficient (Wildman–Crippen LogP) is 4.25. The molecule has 0 fully saturated rings. The first-order chi connectivity index (χ1) is 12.2. The van der Waals surface area contributed by atoms with Crippen LogP contribution in [-0.4, -0.2) is 26.8 Å². The van der Waals surface area contributed by atoms with E-state index in [1.54, 1.807) is 11.3 Å². The molecule has 0 aliphatic rings. The fraction of sp³-hybridized carbons (Fsp3) is 0.632. The highest BCUT2D eigenvalue weighted by atomic mass is 127. The largest absolute Gasteiger partial charge is 0.354 e. The number of thiophene rings is 1. The van der Waals surface area contributed by atoms with Gasteiger partial charge in [-0.15, -0.1) is 45.5 Å². The van der Waals surface area contributed by atoms with Crippen LogP contribution in [0.3, 0.4) is 0 Å². The minimum Gasteiger partial charge on any atom is -0.354 e. The highest BCUT2D eigenvalue weighted by molar-refractivity contribution is 14.0. The number of aromatic nitrogens is 3. The monoisotopic (exact) mass is 504 g/mol. The van der Waals surface area contributed by atoms with Gasteiger partial charge in [0.2, 0.25) is 0 Å². The maximum absolute atomic E-state index is 4.73. The van der Waals surface area contributed by atoms with Crippen molar-refractivity contribution in [1.29, 1.82) is 0 Å². The van der Waals surface area contributed by atoms with Gasteiger partial charge in [0.15, 0.2) is 11.8 Å². The average Bonchev–Trinajstić information content (AvgIpc) is 3.19. The summed E-state index contributed by atoms with van der Waals surface area (Å²) in [4.78, 5) is 6.02. The molecule has 2 N–H and O–H groups in total. The van der Waals surface area contributed by atoms with Gasteiger partial charge in [-0.3, -0.25) is 0 Å². The van der Waals surface area contributed by atoms with Gasteiger partial charge in [0, 0.05) is 18.0 Å². The Labute approximate surface area is 184 Å². The van der Waals surface area contributed by atoms with Crippen LogP contribution in [-0.2, 0) is 20.1 Å². The lowest BCUT2D eigenvalue weighted by Gasteiger charge is -2.23. The molecule has 0 amide bonds. The zero-order chi connectivity index (χ0) is 19.2. The molecule has 2 heterocycles. The van der Waals surface area contributed by atoms with Crippen molar-refractivity contribution in [3.8, 4) is 0 Å². The SMILES string of the molecule is Cc1nnc(CN=C(NCc2cccs2)NC(C)CCC(C)(C)C)n1C.I. The van der Waals surface area contributed by atoms with Crippen molar-refractivity contribution >= 4 is 41.3 Å². The average molecular weight is 504 g/mol. The van der Waals surface area contributed by atoms with Crippen molar-refractivity contribution in [3.05, 3.63) is 34.0 Å². The van der Waals surface area contributed by atoms with Crippen LogP contribution in [0.15, 0.2) is 22.5 Å². The van der Waals surface area contributed by atoms with Crippen LogP contribution in [0.25, 0.3) is 0 Å². The highest BCUT2D eigenvalue weighted by Gasteiger charge is 2.14. The van der Waals surface area contributed by atoms with Crippen molar-refractivity contribution in [3.63, 3.8) is 0 Å². The van der Waals surface area contributed by atoms with Gasteiger partial charge < -0.3 is 15.2 Å². The summed E-state index contributed by atoms with van der Waals surface area (Å²) in [5, 5.41) is 17.4. The van der Waals surface area contributed by atoms with Gasteiger partial charge in [0.1, 0.15) is 12.4 Å². The second-order valence-electron chi connectivity index (χ2n) is 7.96. The summed E-state index contributed by atoms with van der Waals surface area (Å²) in [7, 11) is 1.97. The topological polar surface area (TPSA) is 67.1 Å². The third kappa shape index (κ3) is 8.59. The van der Waals surface area contributed by atoms with Crippen molar-refractivity contribution in [2.24, 2.45) is 17.5 Å². The number of aliphatic imine (C=N–C) groups is 1. The molecule has 1 atom stereocenters. The van der Waals surface area contributed by atoms with Crippen molar-refractivity contribution in [2.45, 2.75) is 66.6 Å². The third-order valence-corrected chi connectivity index (χ3v) is 5.16. The van der Waals surface area contributed by atoms with Crippen LogP contribution in [0.1, 0.15) is 57.1 Å². The van der Waals surface area contributed by atoms with Crippen molar-refractivity contribution in [1.82, 2.24) is 25.4 Å². The van der Waals surface area contributed by atoms with Crippen LogP contribution in [0, 0.1) is 12.3 Å². The van der Waals surface area contributed by atoms with E-state index in [2.05, 4.69) is 66.0 Å². The maximum atomic E-state index is 4.73. The number of rotatable bonds is 7. The molecule has 152 valence electrons. The molecule has 0 spiro atoms. The molecule has 0 aliphatic carbocycles. The first-order valence-electron chi connectivity index (χ1n) is 9.17. The molecule has 0 bridgehead atoms. The van der Waals surface area contributed by atoms with E-state index < -0.39 is 0 Å². The Bertz CT molecular complexity index is 702. The summed E-state index contributed by atoms with van der Waals surface area (Å²) in [6, 6.07) is 4.55. The molecule has 0 aromatic carbocycles. The van der Waals surface area contributed by atoms with Gasteiger partial charge in [-0.05, 0) is 43.6 Å². The Hall–Kier alpha value is -1.16. The lowest BCUT2D eigenvalue weighted by Crippen LogP contribution is -2.42. The molecule has 2 aromatic heterocycles. The molecular formula is C19H33IN6S. The summed E-state index contributed by atoms with van der Waals surface area (Å²) in [6.07, 6.45) is 2.27. The fourth-order valence-electron chi connectivity index (χ4n) is 2.43. The quantitative estimate of drug-likeness (QED) is 0.336. The molecule has 0 radical (unpaired) electrons. The molecule has 6 nitrogen and oxygen atoms in total. The van der Waals surface area contributed by atoms with E-state index in [9.17, 15) is 0 Å². The summed E-state index contributed by atoms with van der Waals surface area (Å²) in [6.45, 7) is 12.3.